The van der Waals surface area contributed by atoms with Crippen molar-refractivity contribution in [1.29, 1.82) is 0 Å². The first-order valence-corrected chi connectivity index (χ1v) is 15.1. The van der Waals surface area contributed by atoms with Crippen LogP contribution in [0.2, 0.25) is 0 Å². The molecule has 0 unspecified atom stereocenters. The van der Waals surface area contributed by atoms with Crippen molar-refractivity contribution in [2.24, 2.45) is 0 Å². The first-order valence-electron chi connectivity index (χ1n) is 13.0. The van der Waals surface area contributed by atoms with E-state index in [2.05, 4.69) is 20.8 Å². The first kappa shape index (κ1) is 28.6. The average Bonchev–Trinajstić information content (AvgIpc) is 3.58. The molecule has 0 saturated carbocycles. The van der Waals surface area contributed by atoms with Crippen molar-refractivity contribution >= 4 is 27.5 Å². The lowest BCUT2D eigenvalue weighted by atomic mass is 9.82. The van der Waals surface area contributed by atoms with Gasteiger partial charge in [0.15, 0.2) is 9.84 Å². The fourth-order valence-electron chi connectivity index (χ4n) is 5.40. The van der Waals surface area contributed by atoms with Gasteiger partial charge in [0.05, 0.1) is 30.9 Å². The van der Waals surface area contributed by atoms with Crippen LogP contribution in [0.25, 0.3) is 0 Å². The number of rotatable bonds is 10. The number of nitrogens with zero attached hydrogens (tertiary/aromatic N) is 4. The van der Waals surface area contributed by atoms with Crippen LogP contribution in [0.5, 0.6) is 5.75 Å². The third-order valence-electron chi connectivity index (χ3n) is 7.11. The Morgan fingerprint density at radius 3 is 2.78 bits per heavy atom. The van der Waals surface area contributed by atoms with Crippen molar-refractivity contribution < 1.29 is 35.9 Å². The molecule has 41 heavy (non-hydrogen) atoms. The topological polar surface area (TPSA) is 137 Å². The molecule has 0 bridgehead atoms. The maximum atomic E-state index is 13.5. The van der Waals surface area contributed by atoms with Crippen molar-refractivity contribution in [3.8, 4) is 5.75 Å². The Bertz CT molecular complexity index is 1570. The lowest BCUT2D eigenvalue weighted by Crippen LogP contribution is -2.49. The third-order valence-corrected chi connectivity index (χ3v) is 7.90. The molecule has 5 rings (SSSR count). The van der Waals surface area contributed by atoms with Gasteiger partial charge in [-0.3, -0.25) is 14.3 Å². The van der Waals surface area contributed by atoms with E-state index >= 15 is 0 Å². The predicted octanol–water partition coefficient (Wildman–Crippen LogP) is 2.61. The Morgan fingerprint density at radius 1 is 1.27 bits per heavy atom. The number of carbonyl (C=O) groups excluding carboxylic acids is 2. The number of benzene rings is 1. The Labute approximate surface area is 234 Å². The average molecular weight is 595 g/mol. The summed E-state index contributed by atoms with van der Waals surface area (Å²) in [6, 6.07) is 7.05. The zero-order valence-electron chi connectivity index (χ0n) is 22.2. The number of aromatic nitrogens is 4. The lowest BCUT2D eigenvalue weighted by Gasteiger charge is -2.35. The second kappa shape index (κ2) is 10.8. The summed E-state index contributed by atoms with van der Waals surface area (Å²) in [5, 5.41) is 14.5. The molecule has 0 radical (unpaired) electrons. The highest BCUT2D eigenvalue weighted by Gasteiger charge is 2.46. The van der Waals surface area contributed by atoms with Gasteiger partial charge in [-0.1, -0.05) is 6.07 Å². The maximum Gasteiger partial charge on any atom is 0.389 e. The second-order valence-electron chi connectivity index (χ2n) is 10.4. The molecule has 0 fully saturated rings. The van der Waals surface area contributed by atoms with Gasteiger partial charge in [-0.05, 0) is 48.6 Å². The van der Waals surface area contributed by atoms with Gasteiger partial charge in [0.25, 0.3) is 5.91 Å². The second-order valence-corrected chi connectivity index (χ2v) is 12.5. The van der Waals surface area contributed by atoms with Crippen LogP contribution < -0.4 is 15.4 Å². The van der Waals surface area contributed by atoms with Crippen molar-refractivity contribution in [2.45, 2.75) is 56.9 Å². The summed E-state index contributed by atoms with van der Waals surface area (Å²) in [4.78, 5) is 26.1. The zero-order chi connectivity index (χ0) is 29.4. The molecule has 1 aromatic carbocycles. The third kappa shape index (κ3) is 6.55. The highest BCUT2D eigenvalue weighted by molar-refractivity contribution is 7.91. The molecule has 2 aliphatic rings. The molecule has 2 N–H and O–H groups in total. The van der Waals surface area contributed by atoms with Gasteiger partial charge < -0.3 is 15.4 Å². The van der Waals surface area contributed by atoms with Crippen LogP contribution in [0.15, 0.2) is 36.7 Å². The van der Waals surface area contributed by atoms with E-state index in [4.69, 9.17) is 4.74 Å². The number of fused-ring (bicyclic) bond motifs is 3. The number of anilines is 1. The number of nitrogens with one attached hydrogen (secondary N) is 2. The fourth-order valence-corrected chi connectivity index (χ4v) is 5.95. The van der Waals surface area contributed by atoms with Gasteiger partial charge in [-0.25, -0.2) is 13.1 Å². The predicted molar refractivity (Wildman–Crippen MR) is 141 cm³/mol. The molecular weight excluding hydrogens is 565 g/mol. The Balaban J connectivity index is 1.39. The summed E-state index contributed by atoms with van der Waals surface area (Å²) in [6.07, 6.45) is 0.558. The minimum absolute atomic E-state index is 0.0622. The number of hydrogen-bond donors (Lipinski definition) is 2. The maximum absolute atomic E-state index is 13.5. The number of hydrogen-bond acceptors (Lipinski definition) is 7. The normalized spacial score (nSPS) is 18.2. The molecule has 3 aromatic rings. The zero-order valence-corrected chi connectivity index (χ0v) is 23.0. The van der Waals surface area contributed by atoms with Gasteiger partial charge >= 0.3 is 6.18 Å². The molecule has 11 nitrogen and oxygen atoms in total. The van der Waals surface area contributed by atoms with E-state index in [-0.39, 0.29) is 31.0 Å². The van der Waals surface area contributed by atoms with E-state index in [0.717, 1.165) is 17.4 Å². The first-order chi connectivity index (χ1) is 19.3. The van der Waals surface area contributed by atoms with E-state index in [1.807, 2.05) is 6.07 Å². The Kier molecular flexibility index (Phi) is 7.57. The summed E-state index contributed by atoms with van der Waals surface area (Å²) >= 11 is 0. The van der Waals surface area contributed by atoms with E-state index in [1.165, 1.54) is 4.68 Å². The standard InChI is InChI=1S/C26H29F3N6O5S/c1-41(38,39)16-21(36)31-23-22-20(33-35(23)12-11-34-10-3-9-30-34)15-25(32-24(22)37)8-6-17-14-18(4-5-19(17)25)40-13-2-7-26(27,28)29/h3-5,9-10,14H,2,6-8,11-13,15-16H2,1H3,(H,31,36)(H,32,37)/t25-/m0/s1. The van der Waals surface area contributed by atoms with Gasteiger partial charge in [0.1, 0.15) is 22.9 Å². The van der Waals surface area contributed by atoms with Gasteiger partial charge in [-0.2, -0.15) is 23.4 Å². The number of ether oxygens (including phenoxy) is 1. The largest absolute Gasteiger partial charge is 0.494 e. The van der Waals surface area contributed by atoms with Crippen LogP contribution in [0.1, 0.15) is 46.4 Å². The minimum Gasteiger partial charge on any atom is -0.494 e. The highest BCUT2D eigenvalue weighted by atomic mass is 32.2. The monoisotopic (exact) mass is 594 g/mol. The molecule has 220 valence electrons. The Hall–Kier alpha value is -3.88. The molecule has 1 atom stereocenters. The smallest absolute Gasteiger partial charge is 0.389 e. The summed E-state index contributed by atoms with van der Waals surface area (Å²) in [5.74, 6) is -1.39. The van der Waals surface area contributed by atoms with Gasteiger partial charge in [-0.15, -0.1) is 0 Å². The van der Waals surface area contributed by atoms with Crippen molar-refractivity contribution in [2.75, 3.05) is 23.9 Å². The van der Waals surface area contributed by atoms with Crippen LogP contribution in [0.4, 0.5) is 19.0 Å². The molecule has 1 aliphatic carbocycles. The van der Waals surface area contributed by atoms with E-state index in [9.17, 15) is 31.2 Å². The van der Waals surface area contributed by atoms with E-state index in [1.54, 1.807) is 35.3 Å². The molecule has 0 saturated heterocycles. The van der Waals surface area contributed by atoms with Crippen LogP contribution >= 0.6 is 0 Å². The van der Waals surface area contributed by atoms with Crippen LogP contribution in [0, 0.1) is 0 Å². The molecule has 1 spiro atoms. The van der Waals surface area contributed by atoms with Gasteiger partial charge in [0, 0.05) is 31.5 Å². The number of sulfone groups is 1. The number of alkyl halides is 3. The SMILES string of the molecule is CS(=O)(=O)CC(=O)Nc1c2c(nn1CCn1cccn1)C[C@]1(CCc3cc(OCCCC(F)(F)F)ccc31)NC2=O. The van der Waals surface area contributed by atoms with Crippen LogP contribution in [-0.4, -0.2) is 64.6 Å². The molecule has 1 aliphatic heterocycles. The van der Waals surface area contributed by atoms with Gasteiger partial charge in [0.2, 0.25) is 5.91 Å². The molecule has 3 heterocycles. The minimum atomic E-state index is -4.23. The number of halogens is 3. The van der Waals surface area contributed by atoms with Crippen LogP contribution in [0.3, 0.4) is 0 Å². The summed E-state index contributed by atoms with van der Waals surface area (Å²) < 4.78 is 69.3. The summed E-state index contributed by atoms with van der Waals surface area (Å²) in [7, 11) is -3.61. The summed E-state index contributed by atoms with van der Waals surface area (Å²) in [6.45, 7) is 0.590. The molecule has 2 aromatic heterocycles. The van der Waals surface area contributed by atoms with E-state index in [0.29, 0.717) is 37.3 Å². The highest BCUT2D eigenvalue weighted by Crippen LogP contribution is 2.44. The van der Waals surface area contributed by atoms with Crippen molar-refractivity contribution in [1.82, 2.24) is 24.9 Å². The van der Waals surface area contributed by atoms with Crippen molar-refractivity contribution in [3.63, 3.8) is 0 Å². The number of carbonyl (C=O) groups is 2. The van der Waals surface area contributed by atoms with E-state index < -0.39 is 45.5 Å². The van der Waals surface area contributed by atoms with Crippen LogP contribution in [-0.2, 0) is 46.1 Å². The fraction of sp³-hybridized carbons (Fsp3) is 0.462. The number of amides is 2. The quantitative estimate of drug-likeness (QED) is 0.344. The number of aryl methyl sites for hydroxylation is 3. The van der Waals surface area contributed by atoms with Crippen molar-refractivity contribution in [3.05, 3.63) is 59.0 Å². The molecular formula is C26H29F3N6O5S. The summed E-state index contributed by atoms with van der Waals surface area (Å²) in [5.41, 5.74) is 1.67. The molecule has 2 amide bonds. The Morgan fingerprint density at radius 2 is 2.07 bits per heavy atom. The lowest BCUT2D eigenvalue weighted by molar-refractivity contribution is -0.136. The molecule has 15 heteroatoms.